The molecule has 2 aromatic rings. The van der Waals surface area contributed by atoms with Crippen molar-refractivity contribution in [2.24, 2.45) is 0 Å². The largest absolute Gasteiger partial charge is 0.367 e. The number of nitrogens with one attached hydrogen (secondary N) is 1. The number of carbonyl (C=O) groups is 1. The average Bonchev–Trinajstić information content (AvgIpc) is 2.69. The third kappa shape index (κ3) is 3.50. The molecule has 3 heterocycles. The lowest BCUT2D eigenvalue weighted by atomic mass is 10.1. The SMILES string of the molecule is CS(=O)c1cccc(N2C(=O)N(Cc3cccnc3)CC3=C2NCC=C3)c1. The van der Waals surface area contributed by atoms with Crippen LogP contribution in [0.25, 0.3) is 0 Å². The van der Waals surface area contributed by atoms with Gasteiger partial charge in [0.25, 0.3) is 0 Å². The number of amides is 2. The first-order chi connectivity index (χ1) is 13.1. The molecule has 1 aromatic carbocycles. The Hall–Kier alpha value is -2.93. The molecule has 1 N–H and O–H groups in total. The van der Waals surface area contributed by atoms with Gasteiger partial charge in [-0.15, -0.1) is 0 Å². The number of pyridine rings is 1. The smallest absolute Gasteiger partial charge is 0.330 e. The van der Waals surface area contributed by atoms with E-state index in [1.807, 2.05) is 42.5 Å². The van der Waals surface area contributed by atoms with Crippen LogP contribution < -0.4 is 10.2 Å². The van der Waals surface area contributed by atoms with Crippen molar-refractivity contribution in [2.45, 2.75) is 11.4 Å². The highest BCUT2D eigenvalue weighted by atomic mass is 32.2. The summed E-state index contributed by atoms with van der Waals surface area (Å²) in [4.78, 5) is 21.6. The predicted octanol–water partition coefficient (Wildman–Crippen LogP) is 2.63. The molecular formula is C20H20N4O2S. The minimum absolute atomic E-state index is 0.112. The van der Waals surface area contributed by atoms with Gasteiger partial charge in [-0.25, -0.2) is 9.69 Å². The first-order valence-corrected chi connectivity index (χ1v) is 10.2. The second-order valence-corrected chi connectivity index (χ2v) is 7.82. The minimum atomic E-state index is -1.12. The van der Waals surface area contributed by atoms with Crippen LogP contribution in [0.1, 0.15) is 5.56 Å². The average molecular weight is 380 g/mol. The van der Waals surface area contributed by atoms with E-state index in [1.54, 1.807) is 28.4 Å². The van der Waals surface area contributed by atoms with Crippen LogP contribution >= 0.6 is 0 Å². The van der Waals surface area contributed by atoms with Gasteiger partial charge >= 0.3 is 6.03 Å². The number of benzene rings is 1. The van der Waals surface area contributed by atoms with Crippen molar-refractivity contribution in [3.05, 3.63) is 77.9 Å². The number of hydrogen-bond acceptors (Lipinski definition) is 4. The molecule has 0 aliphatic carbocycles. The van der Waals surface area contributed by atoms with Crippen LogP contribution in [-0.4, -0.2) is 39.5 Å². The Morgan fingerprint density at radius 3 is 2.93 bits per heavy atom. The van der Waals surface area contributed by atoms with E-state index in [-0.39, 0.29) is 6.03 Å². The molecule has 4 rings (SSSR count). The zero-order valence-corrected chi connectivity index (χ0v) is 15.8. The van der Waals surface area contributed by atoms with Crippen LogP contribution in [0.3, 0.4) is 0 Å². The molecule has 0 bridgehead atoms. The molecule has 138 valence electrons. The minimum Gasteiger partial charge on any atom is -0.367 e. The van der Waals surface area contributed by atoms with Crippen molar-refractivity contribution in [1.82, 2.24) is 15.2 Å². The van der Waals surface area contributed by atoms with Gasteiger partial charge in [-0.2, -0.15) is 0 Å². The van der Waals surface area contributed by atoms with Gasteiger partial charge < -0.3 is 10.2 Å². The summed E-state index contributed by atoms with van der Waals surface area (Å²) in [5, 5.41) is 3.32. The van der Waals surface area contributed by atoms with Crippen molar-refractivity contribution < 1.29 is 9.00 Å². The molecule has 0 saturated heterocycles. The Bertz CT molecular complexity index is 955. The van der Waals surface area contributed by atoms with Gasteiger partial charge in [-0.1, -0.05) is 24.3 Å². The van der Waals surface area contributed by atoms with Gasteiger partial charge in [-0.05, 0) is 29.8 Å². The predicted molar refractivity (Wildman–Crippen MR) is 105 cm³/mol. The van der Waals surface area contributed by atoms with Gasteiger partial charge in [0.15, 0.2) is 0 Å². The van der Waals surface area contributed by atoms with Crippen molar-refractivity contribution in [1.29, 1.82) is 0 Å². The first kappa shape index (κ1) is 17.5. The van der Waals surface area contributed by atoms with Crippen LogP contribution in [0.2, 0.25) is 0 Å². The molecule has 2 amide bonds. The maximum atomic E-state index is 13.3. The molecule has 0 radical (unpaired) electrons. The Kier molecular flexibility index (Phi) is 4.77. The maximum absolute atomic E-state index is 13.3. The molecule has 0 spiro atoms. The fraction of sp³-hybridized carbons (Fsp3) is 0.200. The summed E-state index contributed by atoms with van der Waals surface area (Å²) in [5.41, 5.74) is 2.73. The van der Waals surface area contributed by atoms with E-state index in [1.165, 1.54) is 0 Å². The van der Waals surface area contributed by atoms with Gasteiger partial charge in [0, 0.05) is 53.0 Å². The van der Waals surface area contributed by atoms with Gasteiger partial charge in [-0.3, -0.25) is 9.19 Å². The number of urea groups is 1. The number of rotatable bonds is 4. The summed E-state index contributed by atoms with van der Waals surface area (Å²) < 4.78 is 11.9. The Morgan fingerprint density at radius 1 is 1.26 bits per heavy atom. The Balaban J connectivity index is 1.73. The highest BCUT2D eigenvalue weighted by molar-refractivity contribution is 7.84. The second kappa shape index (κ2) is 7.36. The van der Waals surface area contributed by atoms with Gasteiger partial charge in [0.2, 0.25) is 0 Å². The summed E-state index contributed by atoms with van der Waals surface area (Å²) in [6.07, 6.45) is 9.24. The summed E-state index contributed by atoms with van der Waals surface area (Å²) in [6.45, 7) is 1.68. The van der Waals surface area contributed by atoms with Crippen LogP contribution in [0.15, 0.2) is 77.2 Å². The number of carbonyl (C=O) groups excluding carboxylic acids is 1. The summed E-state index contributed by atoms with van der Waals surface area (Å²) >= 11 is 0. The van der Waals surface area contributed by atoms with E-state index in [9.17, 15) is 9.00 Å². The van der Waals surface area contributed by atoms with Crippen molar-refractivity contribution in [2.75, 3.05) is 24.2 Å². The molecule has 2 aliphatic rings. The van der Waals surface area contributed by atoms with Crippen molar-refractivity contribution >= 4 is 22.5 Å². The zero-order valence-electron chi connectivity index (χ0n) is 15.0. The van der Waals surface area contributed by atoms with Gasteiger partial charge in [0.1, 0.15) is 5.82 Å². The fourth-order valence-electron chi connectivity index (χ4n) is 3.29. The van der Waals surface area contributed by atoms with E-state index in [2.05, 4.69) is 16.4 Å². The number of aromatic nitrogens is 1. The number of anilines is 1. The quantitative estimate of drug-likeness (QED) is 0.886. The molecule has 1 unspecified atom stereocenters. The maximum Gasteiger partial charge on any atom is 0.330 e. The molecule has 7 heteroatoms. The lowest BCUT2D eigenvalue weighted by Crippen LogP contribution is -2.51. The summed E-state index contributed by atoms with van der Waals surface area (Å²) in [6, 6.07) is 11.0. The molecule has 27 heavy (non-hydrogen) atoms. The number of hydrogen-bond donors (Lipinski definition) is 1. The summed E-state index contributed by atoms with van der Waals surface area (Å²) in [7, 11) is -1.12. The van der Waals surface area contributed by atoms with Crippen LogP contribution in [0.5, 0.6) is 0 Å². The fourth-order valence-corrected chi connectivity index (χ4v) is 3.84. The van der Waals surface area contributed by atoms with E-state index < -0.39 is 10.8 Å². The lowest BCUT2D eigenvalue weighted by molar-refractivity contribution is 0.204. The van der Waals surface area contributed by atoms with Crippen molar-refractivity contribution in [3.63, 3.8) is 0 Å². The van der Waals surface area contributed by atoms with Crippen LogP contribution in [0.4, 0.5) is 10.5 Å². The third-order valence-corrected chi connectivity index (χ3v) is 5.48. The van der Waals surface area contributed by atoms with Crippen molar-refractivity contribution in [3.8, 4) is 0 Å². The first-order valence-electron chi connectivity index (χ1n) is 8.68. The number of nitrogens with zero attached hydrogens (tertiary/aromatic N) is 3. The van der Waals surface area contributed by atoms with Crippen LogP contribution in [-0.2, 0) is 17.3 Å². The normalized spacial score (nSPS) is 17.6. The number of dihydropyridines is 1. The lowest BCUT2D eigenvalue weighted by Gasteiger charge is -2.39. The van der Waals surface area contributed by atoms with Crippen LogP contribution in [0, 0.1) is 0 Å². The van der Waals surface area contributed by atoms with E-state index in [4.69, 9.17) is 0 Å². The van der Waals surface area contributed by atoms with E-state index >= 15 is 0 Å². The standard InChI is InChI=1S/C20H20N4O2S/c1-27(26)18-8-2-7-17(11-18)24-19-16(6-4-10-22-19)14-23(20(24)25)13-15-5-3-9-21-12-15/h2-9,11-12,22H,10,13-14H2,1H3. The van der Waals surface area contributed by atoms with Gasteiger partial charge in [0.05, 0.1) is 12.2 Å². The molecule has 2 aliphatic heterocycles. The monoisotopic (exact) mass is 380 g/mol. The Morgan fingerprint density at radius 2 is 2.15 bits per heavy atom. The summed E-state index contributed by atoms with van der Waals surface area (Å²) in [5.74, 6) is 0.795. The highest BCUT2D eigenvalue weighted by Gasteiger charge is 2.33. The topological polar surface area (TPSA) is 65.5 Å². The molecule has 6 nitrogen and oxygen atoms in total. The zero-order chi connectivity index (χ0) is 18.8. The van der Waals surface area contributed by atoms with E-state index in [0.717, 1.165) is 17.0 Å². The molecule has 0 saturated carbocycles. The molecule has 1 atom stereocenters. The van der Waals surface area contributed by atoms with E-state index in [0.29, 0.717) is 30.2 Å². The Labute approximate surface area is 160 Å². The third-order valence-electron chi connectivity index (χ3n) is 4.56. The highest BCUT2D eigenvalue weighted by Crippen LogP contribution is 2.30. The molecule has 1 aromatic heterocycles. The molecule has 0 fully saturated rings. The second-order valence-electron chi connectivity index (χ2n) is 6.44. The molecular weight excluding hydrogens is 360 g/mol.